The lowest BCUT2D eigenvalue weighted by Crippen LogP contribution is -1.94. The molecule has 5 nitrogen and oxygen atoms in total. The Morgan fingerprint density at radius 2 is 2.15 bits per heavy atom. The number of nitrogens with zero attached hydrogens (tertiary/aromatic N) is 2. The number of ether oxygens (including phenoxy) is 2. The van der Waals surface area contributed by atoms with Crippen molar-refractivity contribution < 1.29 is 9.47 Å². The van der Waals surface area contributed by atoms with Gasteiger partial charge in [0.2, 0.25) is 0 Å². The van der Waals surface area contributed by atoms with Gasteiger partial charge in [-0.2, -0.15) is 0 Å². The number of aromatic nitrogens is 3. The highest BCUT2D eigenvalue weighted by Gasteiger charge is 2.11. The van der Waals surface area contributed by atoms with E-state index >= 15 is 0 Å². The summed E-state index contributed by atoms with van der Waals surface area (Å²) in [5.74, 6) is 2.27. The third kappa shape index (κ3) is 2.18. The Bertz CT molecular complexity index is 704. The molecule has 0 fully saturated rings. The second-order valence-electron chi connectivity index (χ2n) is 4.27. The standard InChI is InChI=1S/C15H15N3O2/c1-3-20-10-4-5-11(14(8-10)19-2)15-17-12-6-7-16-9-13(12)18-15/h4-9H,3H2,1-2H3,(H,17,18). The summed E-state index contributed by atoms with van der Waals surface area (Å²) in [6.07, 6.45) is 3.48. The number of imidazole rings is 1. The molecule has 1 N–H and O–H groups in total. The molecule has 5 heteroatoms. The minimum Gasteiger partial charge on any atom is -0.496 e. The summed E-state index contributed by atoms with van der Waals surface area (Å²) in [5, 5.41) is 0. The van der Waals surface area contributed by atoms with Gasteiger partial charge in [-0.1, -0.05) is 0 Å². The van der Waals surface area contributed by atoms with E-state index in [0.29, 0.717) is 6.61 Å². The van der Waals surface area contributed by atoms with Gasteiger partial charge in [-0.25, -0.2) is 4.98 Å². The van der Waals surface area contributed by atoms with Gasteiger partial charge in [0, 0.05) is 12.3 Å². The molecule has 20 heavy (non-hydrogen) atoms. The first-order chi connectivity index (χ1) is 9.81. The summed E-state index contributed by atoms with van der Waals surface area (Å²) in [7, 11) is 1.64. The van der Waals surface area contributed by atoms with E-state index in [4.69, 9.17) is 9.47 Å². The van der Waals surface area contributed by atoms with Crippen LogP contribution in [0.3, 0.4) is 0 Å². The molecule has 3 aromatic rings. The monoisotopic (exact) mass is 269 g/mol. The second kappa shape index (κ2) is 5.21. The van der Waals surface area contributed by atoms with Crippen LogP contribution in [0.4, 0.5) is 0 Å². The lowest BCUT2D eigenvalue weighted by molar-refractivity contribution is 0.336. The largest absolute Gasteiger partial charge is 0.496 e. The molecule has 0 radical (unpaired) electrons. The van der Waals surface area contributed by atoms with E-state index in [2.05, 4.69) is 15.0 Å². The zero-order valence-electron chi connectivity index (χ0n) is 11.4. The molecule has 0 aliphatic rings. The highest BCUT2D eigenvalue weighted by Crippen LogP contribution is 2.32. The number of pyridine rings is 1. The summed E-state index contributed by atoms with van der Waals surface area (Å²) in [6, 6.07) is 7.59. The van der Waals surface area contributed by atoms with Crippen LogP contribution in [0.5, 0.6) is 11.5 Å². The fraction of sp³-hybridized carbons (Fsp3) is 0.200. The zero-order chi connectivity index (χ0) is 13.9. The molecule has 0 spiro atoms. The highest BCUT2D eigenvalue weighted by molar-refractivity contribution is 5.80. The molecule has 2 aromatic heterocycles. The molecule has 0 amide bonds. The summed E-state index contributed by atoms with van der Waals surface area (Å²) in [4.78, 5) is 11.9. The minimum absolute atomic E-state index is 0.624. The maximum Gasteiger partial charge on any atom is 0.142 e. The molecular formula is C15H15N3O2. The van der Waals surface area contributed by atoms with Crippen LogP contribution in [0.1, 0.15) is 6.92 Å². The van der Waals surface area contributed by atoms with E-state index in [1.54, 1.807) is 19.5 Å². The summed E-state index contributed by atoms with van der Waals surface area (Å²) in [5.41, 5.74) is 2.68. The summed E-state index contributed by atoms with van der Waals surface area (Å²) in [6.45, 7) is 2.57. The number of benzene rings is 1. The van der Waals surface area contributed by atoms with Crippen molar-refractivity contribution in [1.29, 1.82) is 0 Å². The van der Waals surface area contributed by atoms with Gasteiger partial charge >= 0.3 is 0 Å². The Labute approximate surface area is 116 Å². The SMILES string of the molecule is CCOc1ccc(-c2nc3ccncc3[nH]2)c(OC)c1. The first-order valence-corrected chi connectivity index (χ1v) is 6.42. The number of nitrogens with one attached hydrogen (secondary N) is 1. The van der Waals surface area contributed by atoms with Gasteiger partial charge in [0.1, 0.15) is 17.3 Å². The van der Waals surface area contributed by atoms with Crippen LogP contribution in [0.25, 0.3) is 22.4 Å². The molecule has 0 aliphatic heterocycles. The van der Waals surface area contributed by atoms with Crippen LogP contribution >= 0.6 is 0 Å². The van der Waals surface area contributed by atoms with E-state index in [1.807, 2.05) is 31.2 Å². The molecule has 102 valence electrons. The van der Waals surface area contributed by atoms with Crippen molar-refractivity contribution in [2.45, 2.75) is 6.92 Å². The molecule has 0 saturated heterocycles. The van der Waals surface area contributed by atoms with Crippen LogP contribution in [0.15, 0.2) is 36.7 Å². The van der Waals surface area contributed by atoms with Crippen molar-refractivity contribution in [1.82, 2.24) is 15.0 Å². The number of hydrogen-bond donors (Lipinski definition) is 1. The Hall–Kier alpha value is -2.56. The van der Waals surface area contributed by atoms with Crippen molar-refractivity contribution in [2.24, 2.45) is 0 Å². The predicted molar refractivity (Wildman–Crippen MR) is 77.0 cm³/mol. The molecule has 1 aromatic carbocycles. The van der Waals surface area contributed by atoms with Gasteiger partial charge in [-0.05, 0) is 25.1 Å². The van der Waals surface area contributed by atoms with Crippen molar-refractivity contribution in [3.8, 4) is 22.9 Å². The number of fused-ring (bicyclic) bond motifs is 1. The first-order valence-electron chi connectivity index (χ1n) is 6.42. The number of H-pyrrole nitrogens is 1. The fourth-order valence-electron chi connectivity index (χ4n) is 2.11. The van der Waals surface area contributed by atoms with Crippen LogP contribution in [0, 0.1) is 0 Å². The molecular weight excluding hydrogens is 254 g/mol. The first kappa shape index (κ1) is 12.5. The van der Waals surface area contributed by atoms with Gasteiger partial charge in [0.25, 0.3) is 0 Å². The van der Waals surface area contributed by atoms with Gasteiger partial charge < -0.3 is 14.5 Å². The lowest BCUT2D eigenvalue weighted by atomic mass is 10.2. The van der Waals surface area contributed by atoms with Crippen LogP contribution in [-0.2, 0) is 0 Å². The van der Waals surface area contributed by atoms with E-state index in [1.165, 1.54) is 0 Å². The maximum atomic E-state index is 5.48. The van der Waals surface area contributed by atoms with Crippen molar-refractivity contribution in [2.75, 3.05) is 13.7 Å². The van der Waals surface area contributed by atoms with Gasteiger partial charge in [-0.3, -0.25) is 4.98 Å². The van der Waals surface area contributed by atoms with Crippen LogP contribution in [0.2, 0.25) is 0 Å². The Balaban J connectivity index is 2.08. The third-order valence-electron chi connectivity index (χ3n) is 3.02. The summed E-state index contributed by atoms with van der Waals surface area (Å²) < 4.78 is 10.9. The minimum atomic E-state index is 0.624. The lowest BCUT2D eigenvalue weighted by Gasteiger charge is -2.09. The molecule has 0 aliphatic carbocycles. The van der Waals surface area contributed by atoms with E-state index in [9.17, 15) is 0 Å². The number of hydrogen-bond acceptors (Lipinski definition) is 4. The molecule has 2 heterocycles. The zero-order valence-corrected chi connectivity index (χ0v) is 11.4. The van der Waals surface area contributed by atoms with Crippen molar-refractivity contribution in [3.63, 3.8) is 0 Å². The van der Waals surface area contributed by atoms with Gasteiger partial charge in [-0.15, -0.1) is 0 Å². The number of aromatic amines is 1. The fourth-order valence-corrected chi connectivity index (χ4v) is 2.11. The molecule has 0 atom stereocenters. The van der Waals surface area contributed by atoms with E-state index in [-0.39, 0.29) is 0 Å². The third-order valence-corrected chi connectivity index (χ3v) is 3.02. The van der Waals surface area contributed by atoms with Crippen molar-refractivity contribution in [3.05, 3.63) is 36.7 Å². The number of rotatable bonds is 4. The molecule has 0 saturated carbocycles. The average molecular weight is 269 g/mol. The maximum absolute atomic E-state index is 5.48. The van der Waals surface area contributed by atoms with Crippen molar-refractivity contribution >= 4 is 11.0 Å². The molecule has 0 bridgehead atoms. The second-order valence-corrected chi connectivity index (χ2v) is 4.27. The van der Waals surface area contributed by atoms with Gasteiger partial charge in [0.05, 0.1) is 36.5 Å². The Morgan fingerprint density at radius 1 is 1.25 bits per heavy atom. The van der Waals surface area contributed by atoms with Gasteiger partial charge in [0.15, 0.2) is 0 Å². The molecule has 3 rings (SSSR count). The van der Waals surface area contributed by atoms with Crippen LogP contribution < -0.4 is 9.47 Å². The topological polar surface area (TPSA) is 60.0 Å². The summed E-state index contributed by atoms with van der Waals surface area (Å²) >= 11 is 0. The van der Waals surface area contributed by atoms with E-state index < -0.39 is 0 Å². The normalized spacial score (nSPS) is 10.7. The highest BCUT2D eigenvalue weighted by atomic mass is 16.5. The smallest absolute Gasteiger partial charge is 0.142 e. The quantitative estimate of drug-likeness (QED) is 0.790. The molecule has 0 unspecified atom stereocenters. The van der Waals surface area contributed by atoms with E-state index in [0.717, 1.165) is 33.9 Å². The Kier molecular flexibility index (Phi) is 3.25. The average Bonchev–Trinajstić information content (AvgIpc) is 2.91. The Morgan fingerprint density at radius 3 is 2.90 bits per heavy atom. The predicted octanol–water partition coefficient (Wildman–Crippen LogP) is 3.03. The number of methoxy groups -OCH3 is 1. The van der Waals surface area contributed by atoms with Crippen LogP contribution in [-0.4, -0.2) is 28.7 Å².